The standard InChI is InChI=1S/C18H13F3N2O5/c1-17(14(24)22-16(26)23-15(17)25)28-13-8-6-12(7-9-13)27-11-4-2-10(3-5-11)18(19,20)21/h2-9H,1H3,(H2,22,23,24,25,26). The topological polar surface area (TPSA) is 93.7 Å². The molecule has 1 saturated heterocycles. The zero-order chi connectivity index (χ0) is 20.5. The fraction of sp³-hybridized carbons (Fsp3) is 0.167. The third-order valence-corrected chi connectivity index (χ3v) is 3.88. The maximum absolute atomic E-state index is 12.6. The summed E-state index contributed by atoms with van der Waals surface area (Å²) in [6.45, 7) is 1.21. The molecule has 10 heteroatoms. The number of imide groups is 2. The molecule has 4 amide bonds. The van der Waals surface area contributed by atoms with Crippen LogP contribution in [0.5, 0.6) is 17.2 Å². The Kier molecular flexibility index (Phi) is 4.72. The van der Waals surface area contributed by atoms with Crippen molar-refractivity contribution in [3.63, 3.8) is 0 Å². The first-order chi connectivity index (χ1) is 13.1. The predicted octanol–water partition coefficient (Wildman–Crippen LogP) is 3.00. The molecule has 0 aliphatic carbocycles. The number of hydrogen-bond acceptors (Lipinski definition) is 5. The summed E-state index contributed by atoms with van der Waals surface area (Å²) in [4.78, 5) is 35.0. The van der Waals surface area contributed by atoms with Crippen molar-refractivity contribution in [3.8, 4) is 17.2 Å². The van der Waals surface area contributed by atoms with Crippen molar-refractivity contribution in [3.05, 3.63) is 54.1 Å². The maximum atomic E-state index is 12.6. The lowest BCUT2D eigenvalue weighted by Gasteiger charge is -2.30. The van der Waals surface area contributed by atoms with Gasteiger partial charge in [0.1, 0.15) is 17.2 Å². The Balaban J connectivity index is 1.69. The van der Waals surface area contributed by atoms with E-state index in [4.69, 9.17) is 9.47 Å². The number of nitrogens with one attached hydrogen (secondary N) is 2. The quantitative estimate of drug-likeness (QED) is 0.778. The van der Waals surface area contributed by atoms with E-state index in [1.54, 1.807) is 0 Å². The SMILES string of the molecule is CC1(Oc2ccc(Oc3ccc(C(F)(F)F)cc3)cc2)C(=O)NC(=O)NC1=O. The summed E-state index contributed by atoms with van der Waals surface area (Å²) < 4.78 is 48.5. The first-order valence-corrected chi connectivity index (χ1v) is 7.89. The number of halogens is 3. The van der Waals surface area contributed by atoms with Gasteiger partial charge in [-0.05, 0) is 55.5 Å². The largest absolute Gasteiger partial charge is 0.468 e. The second kappa shape index (κ2) is 6.87. The molecule has 7 nitrogen and oxygen atoms in total. The molecule has 3 rings (SSSR count). The molecule has 0 unspecified atom stereocenters. The Morgan fingerprint density at radius 3 is 1.68 bits per heavy atom. The van der Waals surface area contributed by atoms with Crippen molar-refractivity contribution >= 4 is 17.8 Å². The highest BCUT2D eigenvalue weighted by Gasteiger charge is 2.49. The molecule has 0 bridgehead atoms. The van der Waals surface area contributed by atoms with Crippen LogP contribution in [0, 0.1) is 0 Å². The molecule has 1 fully saturated rings. The molecule has 2 N–H and O–H groups in total. The Bertz CT molecular complexity index is 904. The van der Waals surface area contributed by atoms with E-state index < -0.39 is 35.2 Å². The Morgan fingerprint density at radius 2 is 1.21 bits per heavy atom. The molecule has 1 heterocycles. The summed E-state index contributed by atoms with van der Waals surface area (Å²) >= 11 is 0. The highest BCUT2D eigenvalue weighted by Crippen LogP contribution is 2.32. The second-order valence-electron chi connectivity index (χ2n) is 5.97. The van der Waals surface area contributed by atoms with Gasteiger partial charge in [-0.1, -0.05) is 0 Å². The molecule has 0 atom stereocenters. The number of rotatable bonds is 4. The normalized spacial score (nSPS) is 16.2. The summed E-state index contributed by atoms with van der Waals surface area (Å²) in [5, 5.41) is 3.88. The van der Waals surface area contributed by atoms with E-state index >= 15 is 0 Å². The molecule has 0 spiro atoms. The van der Waals surface area contributed by atoms with Crippen molar-refractivity contribution in [2.75, 3.05) is 0 Å². The van der Waals surface area contributed by atoms with Crippen LogP contribution in [0.15, 0.2) is 48.5 Å². The minimum absolute atomic E-state index is 0.141. The van der Waals surface area contributed by atoms with Crippen LogP contribution in [0.1, 0.15) is 12.5 Å². The molecule has 1 aliphatic rings. The lowest BCUT2D eigenvalue weighted by atomic mass is 10.0. The van der Waals surface area contributed by atoms with Gasteiger partial charge in [0.15, 0.2) is 0 Å². The van der Waals surface area contributed by atoms with Crippen LogP contribution in [0.3, 0.4) is 0 Å². The van der Waals surface area contributed by atoms with Gasteiger partial charge in [-0.25, -0.2) is 4.79 Å². The number of urea groups is 1. The predicted molar refractivity (Wildman–Crippen MR) is 88.7 cm³/mol. The summed E-state index contributed by atoms with van der Waals surface area (Å²) in [7, 11) is 0. The van der Waals surface area contributed by atoms with Gasteiger partial charge < -0.3 is 9.47 Å². The molecule has 1 aliphatic heterocycles. The lowest BCUT2D eigenvalue weighted by molar-refractivity contribution is -0.149. The third-order valence-electron chi connectivity index (χ3n) is 3.88. The van der Waals surface area contributed by atoms with Gasteiger partial charge in [0, 0.05) is 0 Å². The number of hydrogen-bond donors (Lipinski definition) is 2. The van der Waals surface area contributed by atoms with E-state index in [1.165, 1.54) is 43.3 Å². The highest BCUT2D eigenvalue weighted by atomic mass is 19.4. The van der Waals surface area contributed by atoms with Gasteiger partial charge >= 0.3 is 12.2 Å². The fourth-order valence-electron chi connectivity index (χ4n) is 2.33. The molecular weight excluding hydrogens is 381 g/mol. The van der Waals surface area contributed by atoms with E-state index in [2.05, 4.69) is 0 Å². The fourth-order valence-corrected chi connectivity index (χ4v) is 2.33. The second-order valence-corrected chi connectivity index (χ2v) is 5.97. The summed E-state index contributed by atoms with van der Waals surface area (Å²) in [5.74, 6) is -1.19. The van der Waals surface area contributed by atoms with Crippen molar-refractivity contribution in [1.82, 2.24) is 10.6 Å². The van der Waals surface area contributed by atoms with Crippen LogP contribution in [-0.4, -0.2) is 23.4 Å². The van der Waals surface area contributed by atoms with Gasteiger partial charge in [-0.15, -0.1) is 0 Å². The van der Waals surface area contributed by atoms with Crippen molar-refractivity contribution in [2.24, 2.45) is 0 Å². The Morgan fingerprint density at radius 1 is 0.786 bits per heavy atom. The monoisotopic (exact) mass is 394 g/mol. The molecule has 146 valence electrons. The molecule has 2 aromatic rings. The number of alkyl halides is 3. The first-order valence-electron chi connectivity index (χ1n) is 7.89. The maximum Gasteiger partial charge on any atom is 0.416 e. The van der Waals surface area contributed by atoms with Gasteiger partial charge in [0.25, 0.3) is 17.4 Å². The first kappa shape index (κ1) is 19.2. The average Bonchev–Trinajstić information content (AvgIpc) is 2.61. The molecule has 0 saturated carbocycles. The van der Waals surface area contributed by atoms with Crippen molar-refractivity contribution in [2.45, 2.75) is 18.7 Å². The van der Waals surface area contributed by atoms with Crippen LogP contribution in [0.4, 0.5) is 18.0 Å². The zero-order valence-corrected chi connectivity index (χ0v) is 14.3. The van der Waals surface area contributed by atoms with E-state index in [9.17, 15) is 27.6 Å². The number of amides is 4. The number of barbiturate groups is 1. The van der Waals surface area contributed by atoms with E-state index in [1.807, 2.05) is 10.6 Å². The van der Waals surface area contributed by atoms with Crippen molar-refractivity contribution < 1.29 is 37.0 Å². The number of ether oxygens (including phenoxy) is 2. The molecule has 0 radical (unpaired) electrons. The minimum atomic E-state index is -4.43. The van der Waals surface area contributed by atoms with Gasteiger partial charge in [0.2, 0.25) is 0 Å². The summed E-state index contributed by atoms with van der Waals surface area (Å²) in [5.41, 5.74) is -2.73. The van der Waals surface area contributed by atoms with Gasteiger partial charge in [-0.2, -0.15) is 13.2 Å². The molecular formula is C18H13F3N2O5. The van der Waals surface area contributed by atoms with Crippen LogP contribution < -0.4 is 20.1 Å². The lowest BCUT2D eigenvalue weighted by Crippen LogP contribution is -2.67. The highest BCUT2D eigenvalue weighted by molar-refractivity contribution is 6.21. The van der Waals surface area contributed by atoms with Crippen molar-refractivity contribution in [1.29, 1.82) is 0 Å². The Hall–Kier alpha value is -3.56. The van der Waals surface area contributed by atoms with E-state index in [0.717, 1.165) is 12.1 Å². The minimum Gasteiger partial charge on any atom is -0.468 e. The molecule has 0 aromatic heterocycles. The van der Waals surface area contributed by atoms with Crippen LogP contribution in [0.2, 0.25) is 0 Å². The number of carbonyl (C=O) groups is 3. The number of benzene rings is 2. The van der Waals surface area contributed by atoms with E-state index in [0.29, 0.717) is 5.75 Å². The molecule has 2 aromatic carbocycles. The molecule has 28 heavy (non-hydrogen) atoms. The van der Waals surface area contributed by atoms with Gasteiger partial charge in [-0.3, -0.25) is 20.2 Å². The average molecular weight is 394 g/mol. The van der Waals surface area contributed by atoms with Crippen LogP contribution in [0.25, 0.3) is 0 Å². The van der Waals surface area contributed by atoms with Gasteiger partial charge in [0.05, 0.1) is 5.56 Å². The van der Waals surface area contributed by atoms with Crippen LogP contribution in [-0.2, 0) is 15.8 Å². The van der Waals surface area contributed by atoms with E-state index in [-0.39, 0.29) is 11.5 Å². The Labute approximate surface area is 156 Å². The summed E-state index contributed by atoms with van der Waals surface area (Å²) in [6.07, 6.45) is -4.43. The smallest absolute Gasteiger partial charge is 0.416 e. The zero-order valence-electron chi connectivity index (χ0n) is 14.3. The number of carbonyl (C=O) groups excluding carboxylic acids is 3. The van der Waals surface area contributed by atoms with Crippen LogP contribution >= 0.6 is 0 Å². The summed E-state index contributed by atoms with van der Waals surface area (Å²) in [6, 6.07) is 8.93. The third kappa shape index (κ3) is 3.90.